The Kier molecular flexibility index (Phi) is 7.87. The average Bonchev–Trinajstić information content (AvgIpc) is 2.43. The van der Waals surface area contributed by atoms with Crippen LogP contribution in [0.4, 0.5) is 0 Å². The highest BCUT2D eigenvalue weighted by molar-refractivity contribution is 4.79. The first-order chi connectivity index (χ1) is 8.67. The summed E-state index contributed by atoms with van der Waals surface area (Å²) in [6, 6.07) is 0.629. The fourth-order valence-corrected chi connectivity index (χ4v) is 2.82. The molecule has 3 heteroatoms. The Balaban J connectivity index is 2.13. The number of hydrogen-bond donors (Lipinski definition) is 2. The molecule has 1 rings (SSSR count). The number of aliphatic hydroxyl groups excluding tert-OH is 1. The lowest BCUT2D eigenvalue weighted by Gasteiger charge is -2.35. The van der Waals surface area contributed by atoms with Crippen LogP contribution in [0.1, 0.15) is 46.5 Å². The Morgan fingerprint density at radius 3 is 2.83 bits per heavy atom. The predicted molar refractivity (Wildman–Crippen MR) is 77.8 cm³/mol. The highest BCUT2D eigenvalue weighted by atomic mass is 16.3. The molecule has 1 saturated heterocycles. The monoisotopic (exact) mass is 256 g/mol. The number of nitrogens with one attached hydrogen (secondary N) is 1. The van der Waals surface area contributed by atoms with Crippen LogP contribution in [-0.4, -0.2) is 48.8 Å². The van der Waals surface area contributed by atoms with Gasteiger partial charge in [-0.2, -0.15) is 0 Å². The first kappa shape index (κ1) is 15.9. The van der Waals surface area contributed by atoms with Crippen LogP contribution >= 0.6 is 0 Å². The molecule has 3 nitrogen and oxygen atoms in total. The second-order valence-corrected chi connectivity index (χ2v) is 5.97. The SMILES string of the molecule is CCN1CCCC(C(C)NCCCC(C)CO)C1. The molecule has 0 aromatic heterocycles. The van der Waals surface area contributed by atoms with Crippen LogP contribution in [0.15, 0.2) is 0 Å². The lowest BCUT2D eigenvalue weighted by atomic mass is 9.91. The molecule has 3 unspecified atom stereocenters. The summed E-state index contributed by atoms with van der Waals surface area (Å²) < 4.78 is 0. The van der Waals surface area contributed by atoms with E-state index in [1.54, 1.807) is 0 Å². The Morgan fingerprint density at radius 2 is 2.17 bits per heavy atom. The average molecular weight is 256 g/mol. The molecular weight excluding hydrogens is 224 g/mol. The van der Waals surface area contributed by atoms with E-state index in [2.05, 4.69) is 31.0 Å². The minimum Gasteiger partial charge on any atom is -0.396 e. The molecule has 2 N–H and O–H groups in total. The topological polar surface area (TPSA) is 35.5 Å². The quantitative estimate of drug-likeness (QED) is 0.653. The molecule has 0 spiro atoms. The normalized spacial score (nSPS) is 25.0. The van der Waals surface area contributed by atoms with Crippen LogP contribution in [0.5, 0.6) is 0 Å². The van der Waals surface area contributed by atoms with Crippen molar-refractivity contribution in [1.82, 2.24) is 10.2 Å². The van der Waals surface area contributed by atoms with Gasteiger partial charge >= 0.3 is 0 Å². The van der Waals surface area contributed by atoms with Gasteiger partial charge in [0.05, 0.1) is 0 Å². The van der Waals surface area contributed by atoms with E-state index in [0.717, 1.165) is 18.9 Å². The van der Waals surface area contributed by atoms with Gasteiger partial charge in [0.1, 0.15) is 0 Å². The second kappa shape index (κ2) is 8.89. The highest BCUT2D eigenvalue weighted by Gasteiger charge is 2.23. The van der Waals surface area contributed by atoms with Crippen molar-refractivity contribution in [1.29, 1.82) is 0 Å². The maximum Gasteiger partial charge on any atom is 0.0456 e. The van der Waals surface area contributed by atoms with Gasteiger partial charge in [-0.1, -0.05) is 13.8 Å². The standard InChI is InChI=1S/C15H32N2O/c1-4-17-10-6-8-15(11-17)14(3)16-9-5-7-13(2)12-18/h13-16,18H,4-12H2,1-3H3. The number of aliphatic hydroxyl groups is 1. The predicted octanol–water partition coefficient (Wildman–Crippen LogP) is 2.10. The molecule has 3 atom stereocenters. The molecule has 1 aliphatic rings. The fourth-order valence-electron chi connectivity index (χ4n) is 2.82. The summed E-state index contributed by atoms with van der Waals surface area (Å²) >= 11 is 0. The lowest BCUT2D eigenvalue weighted by Crippen LogP contribution is -2.44. The second-order valence-electron chi connectivity index (χ2n) is 5.97. The number of nitrogens with zero attached hydrogens (tertiary/aromatic N) is 1. The van der Waals surface area contributed by atoms with Crippen molar-refractivity contribution in [2.24, 2.45) is 11.8 Å². The maximum atomic E-state index is 8.98. The molecule has 1 aliphatic heterocycles. The van der Waals surface area contributed by atoms with Gasteiger partial charge in [-0.05, 0) is 64.1 Å². The van der Waals surface area contributed by atoms with Crippen molar-refractivity contribution in [2.75, 3.05) is 32.8 Å². The van der Waals surface area contributed by atoms with Gasteiger partial charge in [-0.3, -0.25) is 0 Å². The third-order valence-electron chi connectivity index (χ3n) is 4.35. The Labute approximate surface area is 113 Å². The van der Waals surface area contributed by atoms with E-state index in [0.29, 0.717) is 18.6 Å². The molecule has 0 aromatic carbocycles. The van der Waals surface area contributed by atoms with Crippen molar-refractivity contribution in [3.63, 3.8) is 0 Å². The fraction of sp³-hybridized carbons (Fsp3) is 1.00. The molecule has 0 bridgehead atoms. The summed E-state index contributed by atoms with van der Waals surface area (Å²) in [6.45, 7) is 11.9. The van der Waals surface area contributed by atoms with Crippen molar-refractivity contribution in [3.8, 4) is 0 Å². The summed E-state index contributed by atoms with van der Waals surface area (Å²) in [6.07, 6.45) is 5.03. The van der Waals surface area contributed by atoms with Crippen LogP contribution in [-0.2, 0) is 0 Å². The maximum absolute atomic E-state index is 8.98. The molecule has 1 heterocycles. The van der Waals surface area contributed by atoms with E-state index in [1.807, 2.05) is 0 Å². The summed E-state index contributed by atoms with van der Waals surface area (Å²) in [5.74, 6) is 1.27. The molecule has 0 aliphatic carbocycles. The molecule has 0 aromatic rings. The van der Waals surface area contributed by atoms with Crippen LogP contribution in [0.2, 0.25) is 0 Å². The zero-order chi connectivity index (χ0) is 13.4. The minimum absolute atomic E-state index is 0.323. The van der Waals surface area contributed by atoms with E-state index >= 15 is 0 Å². The van der Waals surface area contributed by atoms with Gasteiger partial charge in [0, 0.05) is 19.2 Å². The van der Waals surface area contributed by atoms with E-state index in [-0.39, 0.29) is 0 Å². The summed E-state index contributed by atoms with van der Waals surface area (Å²) in [7, 11) is 0. The van der Waals surface area contributed by atoms with Gasteiger partial charge in [0.25, 0.3) is 0 Å². The number of piperidine rings is 1. The zero-order valence-electron chi connectivity index (χ0n) is 12.5. The van der Waals surface area contributed by atoms with Crippen LogP contribution in [0, 0.1) is 11.8 Å². The smallest absolute Gasteiger partial charge is 0.0456 e. The summed E-state index contributed by atoms with van der Waals surface area (Å²) in [5, 5.41) is 12.6. The van der Waals surface area contributed by atoms with Crippen LogP contribution < -0.4 is 5.32 Å². The van der Waals surface area contributed by atoms with E-state index in [4.69, 9.17) is 5.11 Å². The van der Waals surface area contributed by atoms with Crippen molar-refractivity contribution in [3.05, 3.63) is 0 Å². The molecule has 18 heavy (non-hydrogen) atoms. The lowest BCUT2D eigenvalue weighted by molar-refractivity contribution is 0.156. The largest absolute Gasteiger partial charge is 0.396 e. The Hall–Kier alpha value is -0.120. The number of likely N-dealkylation sites (tertiary alicyclic amines) is 1. The highest BCUT2D eigenvalue weighted by Crippen LogP contribution is 2.19. The van der Waals surface area contributed by atoms with Crippen molar-refractivity contribution < 1.29 is 5.11 Å². The van der Waals surface area contributed by atoms with E-state index < -0.39 is 0 Å². The van der Waals surface area contributed by atoms with Gasteiger partial charge in [0.2, 0.25) is 0 Å². The molecule has 0 radical (unpaired) electrons. The van der Waals surface area contributed by atoms with Gasteiger partial charge in [-0.25, -0.2) is 0 Å². The molecular formula is C15H32N2O. The summed E-state index contributed by atoms with van der Waals surface area (Å²) in [4.78, 5) is 2.57. The molecule has 108 valence electrons. The van der Waals surface area contributed by atoms with Crippen molar-refractivity contribution >= 4 is 0 Å². The Bertz CT molecular complexity index is 211. The number of rotatable bonds is 8. The number of hydrogen-bond acceptors (Lipinski definition) is 3. The third kappa shape index (κ3) is 5.68. The molecule has 0 amide bonds. The van der Waals surface area contributed by atoms with Crippen LogP contribution in [0.3, 0.4) is 0 Å². The molecule has 1 fully saturated rings. The first-order valence-electron chi connectivity index (χ1n) is 7.74. The van der Waals surface area contributed by atoms with Gasteiger partial charge in [-0.15, -0.1) is 0 Å². The van der Waals surface area contributed by atoms with E-state index in [1.165, 1.54) is 38.9 Å². The van der Waals surface area contributed by atoms with E-state index in [9.17, 15) is 0 Å². The third-order valence-corrected chi connectivity index (χ3v) is 4.35. The van der Waals surface area contributed by atoms with Crippen LogP contribution in [0.25, 0.3) is 0 Å². The zero-order valence-corrected chi connectivity index (χ0v) is 12.5. The Morgan fingerprint density at radius 1 is 1.39 bits per heavy atom. The van der Waals surface area contributed by atoms with Gasteiger partial charge in [0.15, 0.2) is 0 Å². The first-order valence-corrected chi connectivity index (χ1v) is 7.74. The van der Waals surface area contributed by atoms with Gasteiger partial charge < -0.3 is 15.3 Å². The van der Waals surface area contributed by atoms with Crippen molar-refractivity contribution in [2.45, 2.75) is 52.5 Å². The molecule has 0 saturated carbocycles. The summed E-state index contributed by atoms with van der Waals surface area (Å²) in [5.41, 5.74) is 0. The minimum atomic E-state index is 0.323.